The molecule has 0 heterocycles. The van der Waals surface area contributed by atoms with Crippen LogP contribution in [0.4, 0.5) is 0 Å². The molecule has 0 unspecified atom stereocenters. The summed E-state index contributed by atoms with van der Waals surface area (Å²) >= 11 is 0. The third kappa shape index (κ3) is 3.81. The first-order valence-corrected chi connectivity index (χ1v) is 2.43. The minimum atomic E-state index is -2.65. The van der Waals surface area contributed by atoms with Gasteiger partial charge in [-0.2, -0.15) is 0 Å². The fourth-order valence-electron chi connectivity index (χ4n) is 0.364. The van der Waals surface area contributed by atoms with Crippen LogP contribution in [0.15, 0.2) is 0 Å². The van der Waals surface area contributed by atoms with E-state index >= 15 is 0 Å². The van der Waals surface area contributed by atoms with E-state index in [0.717, 1.165) is 6.92 Å². The second-order valence-electron chi connectivity index (χ2n) is 1.62. The lowest BCUT2D eigenvalue weighted by Crippen LogP contribution is -2.58. The summed E-state index contributed by atoms with van der Waals surface area (Å²) in [5, 5.41) is 20.3. The smallest absolute Gasteiger partial charge is 0.331 e. The van der Waals surface area contributed by atoms with Crippen molar-refractivity contribution in [1.82, 2.24) is 10.6 Å². The maximum Gasteiger partial charge on any atom is 0.337 e. The molecule has 0 aromatic rings. The van der Waals surface area contributed by atoms with Gasteiger partial charge in [-0.25, -0.2) is 0 Å². The number of hydrogen-bond donors (Lipinski definition) is 4. The Morgan fingerprint density at radius 3 is 2.40 bits per heavy atom. The van der Waals surface area contributed by atoms with Crippen LogP contribution in [0, 0.1) is 0 Å². The molecule has 0 aliphatic rings. The Kier molecular flexibility index (Phi) is 2.78. The Balaban J connectivity index is 3.85. The summed E-state index contributed by atoms with van der Waals surface area (Å²) in [7, 11) is 0. The molecule has 0 spiro atoms. The molecule has 0 bridgehead atoms. The van der Waals surface area contributed by atoms with E-state index in [1.54, 1.807) is 10.6 Å². The van der Waals surface area contributed by atoms with Crippen molar-refractivity contribution in [3.63, 3.8) is 0 Å². The van der Waals surface area contributed by atoms with E-state index in [9.17, 15) is 9.59 Å². The van der Waals surface area contributed by atoms with Crippen LogP contribution in [-0.2, 0) is 9.59 Å². The first-order valence-electron chi connectivity index (χ1n) is 2.43. The third-order valence-corrected chi connectivity index (χ3v) is 0.611. The van der Waals surface area contributed by atoms with Gasteiger partial charge in [0.05, 0.1) is 0 Å². The molecule has 6 nitrogen and oxygen atoms in total. The van der Waals surface area contributed by atoms with Gasteiger partial charge in [0.25, 0.3) is 0 Å². The van der Waals surface area contributed by atoms with Crippen molar-refractivity contribution >= 4 is 12.3 Å². The van der Waals surface area contributed by atoms with Gasteiger partial charge >= 0.3 is 6.03 Å². The monoisotopic (exact) mass is 148 g/mol. The van der Waals surface area contributed by atoms with Gasteiger partial charge < -0.3 is 10.2 Å². The van der Waals surface area contributed by atoms with Crippen LogP contribution in [0.3, 0.4) is 0 Å². The zero-order valence-electron chi connectivity index (χ0n) is 5.29. The minimum Gasteiger partial charge on any atom is -0.331 e. The van der Waals surface area contributed by atoms with Gasteiger partial charge in [0, 0.05) is 6.92 Å². The summed E-state index contributed by atoms with van der Waals surface area (Å²) in [4.78, 5) is 19.8. The van der Waals surface area contributed by atoms with E-state index in [-0.39, 0.29) is 6.41 Å². The Labute approximate surface area is 56.8 Å². The van der Waals surface area contributed by atoms with Crippen molar-refractivity contribution in [3.8, 4) is 0 Å². The van der Waals surface area contributed by atoms with Crippen molar-refractivity contribution in [3.05, 3.63) is 0 Å². The molecule has 0 atom stereocenters. The standard InChI is InChI=1S/C4H8N2O4/c1-3(8)6-4(9,10)5-2-7/h2,9-10H,1H3,(H,5,7)(H,6,8). The molecule has 6 heteroatoms. The Morgan fingerprint density at radius 1 is 1.60 bits per heavy atom. The number of carbonyl (C=O) groups excluding carboxylic acids is 2. The van der Waals surface area contributed by atoms with Gasteiger partial charge in [-0.15, -0.1) is 0 Å². The van der Waals surface area contributed by atoms with Crippen LogP contribution in [0.5, 0.6) is 0 Å². The molecule has 0 saturated heterocycles. The van der Waals surface area contributed by atoms with Crippen molar-refractivity contribution in [2.75, 3.05) is 0 Å². The quantitative estimate of drug-likeness (QED) is 0.262. The summed E-state index contributed by atoms with van der Waals surface area (Å²) in [6.07, 6.45) is 0.0515. The van der Waals surface area contributed by atoms with E-state index in [1.807, 2.05) is 0 Å². The summed E-state index contributed by atoms with van der Waals surface area (Å²) in [5.41, 5.74) is 0. The van der Waals surface area contributed by atoms with Crippen molar-refractivity contribution in [2.24, 2.45) is 0 Å². The molecule has 10 heavy (non-hydrogen) atoms. The molecule has 0 rings (SSSR count). The lowest BCUT2D eigenvalue weighted by Gasteiger charge is -2.19. The van der Waals surface area contributed by atoms with Crippen LogP contribution < -0.4 is 10.6 Å². The van der Waals surface area contributed by atoms with Crippen LogP contribution in [-0.4, -0.2) is 28.6 Å². The SMILES string of the molecule is CC(=O)NC(O)(O)NC=O. The molecule has 0 aliphatic carbocycles. The zero-order valence-corrected chi connectivity index (χ0v) is 5.29. The van der Waals surface area contributed by atoms with E-state index in [0.29, 0.717) is 0 Å². The van der Waals surface area contributed by atoms with Crippen molar-refractivity contribution in [1.29, 1.82) is 0 Å². The molecular weight excluding hydrogens is 140 g/mol. The number of amides is 2. The Morgan fingerprint density at radius 2 is 2.10 bits per heavy atom. The highest BCUT2D eigenvalue weighted by molar-refractivity contribution is 5.73. The lowest BCUT2D eigenvalue weighted by atomic mass is 10.6. The van der Waals surface area contributed by atoms with Gasteiger partial charge in [0.2, 0.25) is 12.3 Å². The molecular formula is C4H8N2O4. The first kappa shape index (κ1) is 8.86. The third-order valence-electron chi connectivity index (χ3n) is 0.611. The summed E-state index contributed by atoms with van der Waals surface area (Å²) in [6, 6.07) is -2.65. The molecule has 2 amide bonds. The van der Waals surface area contributed by atoms with E-state index in [4.69, 9.17) is 10.2 Å². The second kappa shape index (κ2) is 3.14. The molecule has 0 aliphatic heterocycles. The van der Waals surface area contributed by atoms with E-state index in [2.05, 4.69) is 0 Å². The van der Waals surface area contributed by atoms with Crippen LogP contribution >= 0.6 is 0 Å². The molecule has 0 saturated carbocycles. The largest absolute Gasteiger partial charge is 0.337 e. The van der Waals surface area contributed by atoms with Crippen LogP contribution in [0.25, 0.3) is 0 Å². The van der Waals surface area contributed by atoms with Gasteiger partial charge in [-0.1, -0.05) is 0 Å². The summed E-state index contributed by atoms with van der Waals surface area (Å²) < 4.78 is 0. The summed E-state index contributed by atoms with van der Waals surface area (Å²) in [5.74, 6) is -0.667. The van der Waals surface area contributed by atoms with Gasteiger partial charge in [0.1, 0.15) is 0 Å². The predicted molar refractivity (Wildman–Crippen MR) is 30.2 cm³/mol. The van der Waals surface area contributed by atoms with Crippen LogP contribution in [0.2, 0.25) is 0 Å². The highest BCUT2D eigenvalue weighted by Crippen LogP contribution is 1.83. The molecule has 0 aromatic carbocycles. The number of rotatable bonds is 3. The normalized spacial score (nSPS) is 10.3. The lowest BCUT2D eigenvalue weighted by molar-refractivity contribution is -0.206. The van der Waals surface area contributed by atoms with Crippen molar-refractivity contribution < 1.29 is 19.8 Å². The summed E-state index contributed by atoms with van der Waals surface area (Å²) in [6.45, 7) is 1.08. The molecule has 58 valence electrons. The average Bonchev–Trinajstić information content (AvgIpc) is 1.59. The zero-order chi connectivity index (χ0) is 8.20. The molecule has 4 N–H and O–H groups in total. The number of aliphatic hydroxyl groups is 2. The van der Waals surface area contributed by atoms with E-state index < -0.39 is 11.9 Å². The number of hydrogen-bond acceptors (Lipinski definition) is 4. The van der Waals surface area contributed by atoms with Gasteiger partial charge in [-0.05, 0) is 0 Å². The molecule has 0 fully saturated rings. The van der Waals surface area contributed by atoms with Crippen LogP contribution in [0.1, 0.15) is 6.92 Å². The minimum absolute atomic E-state index is 0.0515. The molecule has 0 aromatic heterocycles. The predicted octanol–water partition coefficient (Wildman–Crippen LogP) is -2.54. The van der Waals surface area contributed by atoms with Crippen molar-refractivity contribution in [2.45, 2.75) is 13.0 Å². The van der Waals surface area contributed by atoms with Gasteiger partial charge in [0.15, 0.2) is 0 Å². The molecule has 0 radical (unpaired) electrons. The Hall–Kier alpha value is -1.14. The van der Waals surface area contributed by atoms with E-state index in [1.165, 1.54) is 0 Å². The highest BCUT2D eigenvalue weighted by atomic mass is 16.5. The number of nitrogens with one attached hydrogen (secondary N) is 2. The topological polar surface area (TPSA) is 98.7 Å². The van der Waals surface area contributed by atoms with Gasteiger partial charge in [-0.3, -0.25) is 20.2 Å². The maximum atomic E-state index is 10.1. The fourth-order valence-corrected chi connectivity index (χ4v) is 0.364. The second-order valence-corrected chi connectivity index (χ2v) is 1.62. The average molecular weight is 148 g/mol. The number of carbonyl (C=O) groups is 2. The Bertz CT molecular complexity index is 144. The first-order chi connectivity index (χ1) is 4.48. The maximum absolute atomic E-state index is 10.1. The fraction of sp³-hybridized carbons (Fsp3) is 0.500. The highest BCUT2D eigenvalue weighted by Gasteiger charge is 2.21.